The van der Waals surface area contributed by atoms with Crippen LogP contribution in [0.15, 0.2) is 42.5 Å². The van der Waals surface area contributed by atoms with Gasteiger partial charge in [0.2, 0.25) is 11.8 Å². The number of amides is 2. The van der Waals surface area contributed by atoms with Crippen LogP contribution in [0.4, 0.5) is 0 Å². The van der Waals surface area contributed by atoms with E-state index < -0.39 is 6.04 Å². The van der Waals surface area contributed by atoms with Gasteiger partial charge in [0.1, 0.15) is 6.04 Å². The van der Waals surface area contributed by atoms with Crippen LogP contribution in [0.5, 0.6) is 0 Å². The number of carbonyl (C=O) groups is 2. The van der Waals surface area contributed by atoms with Crippen LogP contribution in [0, 0.1) is 0 Å². The molecule has 8 heteroatoms. The summed E-state index contributed by atoms with van der Waals surface area (Å²) in [6, 6.07) is 12.1. The second-order valence-corrected chi connectivity index (χ2v) is 8.55. The van der Waals surface area contributed by atoms with Crippen LogP contribution in [0.2, 0.25) is 15.1 Å². The lowest BCUT2D eigenvalue weighted by atomic mass is 10.1. The second-order valence-electron chi connectivity index (χ2n) is 6.34. The molecule has 4 nitrogen and oxygen atoms in total. The third-order valence-corrected chi connectivity index (χ3v) is 6.49. The van der Waals surface area contributed by atoms with Gasteiger partial charge in [-0.3, -0.25) is 9.59 Å². The molecular weight excluding hydrogens is 451 g/mol. The summed E-state index contributed by atoms with van der Waals surface area (Å²) in [5, 5.41) is 4.35. The minimum Gasteiger partial charge on any atom is -0.357 e. The first-order valence-electron chi connectivity index (χ1n) is 9.14. The fraction of sp³-hybridized carbons (Fsp3) is 0.333. The lowest BCUT2D eigenvalue weighted by molar-refractivity contribution is -0.139. The maximum atomic E-state index is 13.1. The Kier molecular flexibility index (Phi) is 9.63. The molecule has 29 heavy (non-hydrogen) atoms. The van der Waals surface area contributed by atoms with Gasteiger partial charge in [-0.05, 0) is 35.7 Å². The molecular formula is C21H23Cl3N2O2S. The molecule has 2 amide bonds. The summed E-state index contributed by atoms with van der Waals surface area (Å²) in [4.78, 5) is 27.0. The summed E-state index contributed by atoms with van der Waals surface area (Å²) in [6.07, 6.45) is 0.497. The number of halogens is 3. The van der Waals surface area contributed by atoms with Crippen LogP contribution in [0.25, 0.3) is 0 Å². The molecule has 0 aromatic heterocycles. The van der Waals surface area contributed by atoms with E-state index in [0.29, 0.717) is 27.2 Å². The molecule has 0 heterocycles. The average Bonchev–Trinajstić information content (AvgIpc) is 2.71. The maximum Gasteiger partial charge on any atom is 0.242 e. The lowest BCUT2D eigenvalue weighted by Gasteiger charge is -2.30. The quantitative estimate of drug-likeness (QED) is 0.528. The SMILES string of the molecule is CCC(C(=O)NC)N(Cc1ccccc1Cl)C(=O)CSCc1c(Cl)cccc1Cl. The predicted molar refractivity (Wildman–Crippen MR) is 123 cm³/mol. The van der Waals surface area contributed by atoms with Crippen molar-refractivity contribution in [2.75, 3.05) is 12.8 Å². The lowest BCUT2D eigenvalue weighted by Crippen LogP contribution is -2.48. The van der Waals surface area contributed by atoms with Crippen molar-refractivity contribution in [2.24, 2.45) is 0 Å². The highest BCUT2D eigenvalue weighted by Crippen LogP contribution is 2.28. The third kappa shape index (κ3) is 6.54. The molecule has 156 valence electrons. The third-order valence-electron chi connectivity index (χ3n) is 4.46. The van der Waals surface area contributed by atoms with Gasteiger partial charge in [0.05, 0.1) is 5.75 Å². The van der Waals surface area contributed by atoms with Gasteiger partial charge in [0.15, 0.2) is 0 Å². The molecule has 2 aromatic rings. The summed E-state index contributed by atoms with van der Waals surface area (Å²) in [5.41, 5.74) is 1.59. The maximum absolute atomic E-state index is 13.1. The Labute approximate surface area is 190 Å². The number of hydrogen-bond acceptors (Lipinski definition) is 3. The largest absolute Gasteiger partial charge is 0.357 e. The molecule has 0 fully saturated rings. The Balaban J connectivity index is 2.15. The monoisotopic (exact) mass is 472 g/mol. The molecule has 0 radical (unpaired) electrons. The van der Waals surface area contributed by atoms with Crippen LogP contribution in [-0.4, -0.2) is 35.6 Å². The van der Waals surface area contributed by atoms with Crippen LogP contribution >= 0.6 is 46.6 Å². The first-order valence-corrected chi connectivity index (χ1v) is 11.4. The molecule has 0 saturated heterocycles. The van der Waals surface area contributed by atoms with Gasteiger partial charge in [0.25, 0.3) is 0 Å². The van der Waals surface area contributed by atoms with Crippen molar-refractivity contribution >= 4 is 58.4 Å². The Morgan fingerprint density at radius 1 is 1.03 bits per heavy atom. The van der Waals surface area contributed by atoms with Crippen molar-refractivity contribution in [3.63, 3.8) is 0 Å². The van der Waals surface area contributed by atoms with Gasteiger partial charge in [0, 0.05) is 34.4 Å². The first kappa shape index (κ1) is 23.9. The Hall–Kier alpha value is -1.40. The number of thioether (sulfide) groups is 1. The van der Waals surface area contributed by atoms with E-state index in [-0.39, 0.29) is 24.1 Å². The number of benzene rings is 2. The van der Waals surface area contributed by atoms with E-state index in [2.05, 4.69) is 5.32 Å². The van der Waals surface area contributed by atoms with Crippen molar-refractivity contribution in [2.45, 2.75) is 31.7 Å². The Morgan fingerprint density at radius 3 is 2.24 bits per heavy atom. The van der Waals surface area contributed by atoms with Gasteiger partial charge < -0.3 is 10.2 Å². The molecule has 0 aliphatic carbocycles. The van der Waals surface area contributed by atoms with E-state index in [4.69, 9.17) is 34.8 Å². The van der Waals surface area contributed by atoms with Gasteiger partial charge in [-0.15, -0.1) is 11.8 Å². The number of rotatable bonds is 9. The molecule has 0 aliphatic rings. The first-order chi connectivity index (χ1) is 13.9. The topological polar surface area (TPSA) is 49.4 Å². The summed E-state index contributed by atoms with van der Waals surface area (Å²) >= 11 is 20.1. The number of carbonyl (C=O) groups excluding carboxylic acids is 2. The van der Waals surface area contributed by atoms with E-state index in [0.717, 1.165) is 11.1 Å². The summed E-state index contributed by atoms with van der Waals surface area (Å²) in [5.74, 6) is 0.348. The fourth-order valence-electron chi connectivity index (χ4n) is 2.89. The number of nitrogens with zero attached hydrogens (tertiary/aromatic N) is 1. The highest BCUT2D eigenvalue weighted by molar-refractivity contribution is 7.99. The number of hydrogen-bond donors (Lipinski definition) is 1. The van der Waals surface area contributed by atoms with E-state index in [1.54, 1.807) is 36.2 Å². The molecule has 0 saturated carbocycles. The van der Waals surface area contributed by atoms with Gasteiger partial charge >= 0.3 is 0 Å². The van der Waals surface area contributed by atoms with Crippen molar-refractivity contribution in [1.29, 1.82) is 0 Å². The van der Waals surface area contributed by atoms with Crippen LogP contribution < -0.4 is 5.32 Å². The summed E-state index contributed by atoms with van der Waals surface area (Å²) in [7, 11) is 1.57. The van der Waals surface area contributed by atoms with Crippen LogP contribution in [0.1, 0.15) is 24.5 Å². The molecule has 0 spiro atoms. The minimum absolute atomic E-state index is 0.145. The highest BCUT2D eigenvalue weighted by atomic mass is 35.5. The van der Waals surface area contributed by atoms with E-state index in [1.807, 2.05) is 25.1 Å². The average molecular weight is 474 g/mol. The van der Waals surface area contributed by atoms with Gasteiger partial charge in [-0.25, -0.2) is 0 Å². The fourth-order valence-corrected chi connectivity index (χ4v) is 4.73. The molecule has 1 N–H and O–H groups in total. The number of nitrogens with one attached hydrogen (secondary N) is 1. The Morgan fingerprint density at radius 2 is 1.66 bits per heavy atom. The smallest absolute Gasteiger partial charge is 0.242 e. The van der Waals surface area contributed by atoms with E-state index >= 15 is 0 Å². The zero-order valence-electron chi connectivity index (χ0n) is 16.3. The molecule has 2 aromatic carbocycles. The molecule has 1 unspecified atom stereocenters. The van der Waals surface area contributed by atoms with Gasteiger partial charge in [-0.1, -0.05) is 66.0 Å². The molecule has 0 bridgehead atoms. The summed E-state index contributed by atoms with van der Waals surface area (Å²) in [6.45, 7) is 2.14. The summed E-state index contributed by atoms with van der Waals surface area (Å²) < 4.78 is 0. The van der Waals surface area contributed by atoms with Crippen LogP contribution in [0.3, 0.4) is 0 Å². The van der Waals surface area contributed by atoms with E-state index in [9.17, 15) is 9.59 Å². The molecule has 2 rings (SSSR count). The zero-order chi connectivity index (χ0) is 21.4. The van der Waals surface area contributed by atoms with Crippen LogP contribution in [-0.2, 0) is 21.9 Å². The van der Waals surface area contributed by atoms with Crippen molar-refractivity contribution < 1.29 is 9.59 Å². The van der Waals surface area contributed by atoms with Crippen molar-refractivity contribution in [3.8, 4) is 0 Å². The predicted octanol–water partition coefficient (Wildman–Crippen LogP) is 5.43. The van der Waals surface area contributed by atoms with Crippen molar-refractivity contribution in [1.82, 2.24) is 10.2 Å². The highest BCUT2D eigenvalue weighted by Gasteiger charge is 2.28. The van der Waals surface area contributed by atoms with Crippen molar-refractivity contribution in [3.05, 3.63) is 68.7 Å². The normalized spacial score (nSPS) is 11.8. The zero-order valence-corrected chi connectivity index (χ0v) is 19.3. The molecule has 1 atom stereocenters. The second kappa shape index (κ2) is 11.7. The Bertz CT molecular complexity index is 843. The van der Waals surface area contributed by atoms with Gasteiger partial charge in [-0.2, -0.15) is 0 Å². The molecule has 0 aliphatic heterocycles. The number of likely N-dealkylation sites (N-methyl/N-ethyl adjacent to an activating group) is 1. The van der Waals surface area contributed by atoms with E-state index in [1.165, 1.54) is 11.8 Å². The minimum atomic E-state index is -0.576. The standard InChI is InChI=1S/C21H23Cl3N2O2S/c1-3-19(21(28)25-2)26(11-14-7-4-5-8-16(14)22)20(27)13-29-12-15-17(23)9-6-10-18(15)24/h4-10,19H,3,11-13H2,1-2H3,(H,25,28).